The van der Waals surface area contributed by atoms with Gasteiger partial charge in [0.2, 0.25) is 0 Å². The van der Waals surface area contributed by atoms with E-state index >= 15 is 0 Å². The summed E-state index contributed by atoms with van der Waals surface area (Å²) in [6, 6.07) is 9.80. The fourth-order valence-corrected chi connectivity index (χ4v) is 3.30. The van der Waals surface area contributed by atoms with Crippen LogP contribution in [0.1, 0.15) is 38.2 Å². The van der Waals surface area contributed by atoms with E-state index in [0.29, 0.717) is 17.9 Å². The van der Waals surface area contributed by atoms with Crippen LogP contribution in [0.2, 0.25) is 0 Å². The van der Waals surface area contributed by atoms with Gasteiger partial charge in [0.25, 0.3) is 0 Å². The molecule has 3 rings (SSSR count). The number of rotatable bonds is 2. The van der Waals surface area contributed by atoms with Crippen LogP contribution >= 0.6 is 0 Å². The van der Waals surface area contributed by atoms with E-state index < -0.39 is 0 Å². The number of ketones is 1. The van der Waals surface area contributed by atoms with E-state index in [9.17, 15) is 4.79 Å². The maximum absolute atomic E-state index is 11.6. The van der Waals surface area contributed by atoms with Gasteiger partial charge in [-0.2, -0.15) is 0 Å². The number of hydrogen-bond acceptors (Lipinski definition) is 2. The Balaban J connectivity index is 1.86. The second kappa shape index (κ2) is 4.17. The predicted molar refractivity (Wildman–Crippen MR) is 69.4 cm³/mol. The molecule has 0 aromatic heterocycles. The summed E-state index contributed by atoms with van der Waals surface area (Å²) in [7, 11) is 0. The first kappa shape index (κ1) is 10.8. The topological polar surface area (TPSA) is 20.3 Å². The van der Waals surface area contributed by atoms with Crippen LogP contribution in [-0.4, -0.2) is 17.9 Å². The lowest BCUT2D eigenvalue weighted by molar-refractivity contribution is -0.120. The van der Waals surface area contributed by atoms with Crippen molar-refractivity contribution in [3.05, 3.63) is 29.8 Å². The summed E-state index contributed by atoms with van der Waals surface area (Å²) in [5.74, 6) is 0.457. The van der Waals surface area contributed by atoms with E-state index in [-0.39, 0.29) is 0 Å². The normalized spacial score (nSPS) is 27.6. The SMILES string of the molecule is CCc1ccc(N2C3CCC2CC(=O)C3)cc1. The Morgan fingerprint density at radius 3 is 2.24 bits per heavy atom. The summed E-state index contributed by atoms with van der Waals surface area (Å²) in [6.07, 6.45) is 4.97. The van der Waals surface area contributed by atoms with Crippen molar-refractivity contribution in [1.29, 1.82) is 0 Å². The van der Waals surface area contributed by atoms with Crippen LogP contribution in [0.3, 0.4) is 0 Å². The van der Waals surface area contributed by atoms with E-state index in [4.69, 9.17) is 0 Å². The minimum atomic E-state index is 0.457. The van der Waals surface area contributed by atoms with Crippen molar-refractivity contribution >= 4 is 11.5 Å². The molecule has 2 bridgehead atoms. The van der Waals surface area contributed by atoms with Crippen molar-refractivity contribution in [3.63, 3.8) is 0 Å². The van der Waals surface area contributed by atoms with Crippen LogP contribution in [0.15, 0.2) is 24.3 Å². The number of Topliss-reactive ketones (excluding diaryl/α,β-unsaturated/α-hetero) is 1. The number of benzene rings is 1. The maximum Gasteiger partial charge on any atom is 0.137 e. The Kier molecular flexibility index (Phi) is 2.65. The van der Waals surface area contributed by atoms with Gasteiger partial charge in [0.15, 0.2) is 0 Å². The fraction of sp³-hybridized carbons (Fsp3) is 0.533. The third-order valence-corrected chi connectivity index (χ3v) is 4.19. The molecule has 1 aromatic rings. The minimum absolute atomic E-state index is 0.457. The zero-order valence-electron chi connectivity index (χ0n) is 10.4. The third-order valence-electron chi connectivity index (χ3n) is 4.19. The molecule has 2 aliphatic heterocycles. The van der Waals surface area contributed by atoms with Crippen molar-refractivity contribution in [1.82, 2.24) is 0 Å². The van der Waals surface area contributed by atoms with Crippen LogP contribution < -0.4 is 4.90 Å². The molecule has 17 heavy (non-hydrogen) atoms. The Morgan fingerprint density at radius 2 is 1.71 bits per heavy atom. The van der Waals surface area contributed by atoms with Crippen LogP contribution in [-0.2, 0) is 11.2 Å². The average molecular weight is 229 g/mol. The summed E-state index contributed by atoms with van der Waals surface area (Å²) in [5, 5.41) is 0. The molecule has 0 spiro atoms. The van der Waals surface area contributed by atoms with Gasteiger partial charge in [-0.1, -0.05) is 19.1 Å². The number of anilines is 1. The van der Waals surface area contributed by atoms with Gasteiger partial charge in [-0.25, -0.2) is 0 Å². The lowest BCUT2D eigenvalue weighted by Crippen LogP contribution is -2.43. The molecule has 2 aliphatic rings. The Morgan fingerprint density at radius 1 is 1.12 bits per heavy atom. The molecule has 2 heteroatoms. The number of nitrogens with zero attached hydrogens (tertiary/aromatic N) is 1. The third kappa shape index (κ3) is 1.86. The van der Waals surface area contributed by atoms with Gasteiger partial charge in [0.05, 0.1) is 0 Å². The molecule has 0 aliphatic carbocycles. The van der Waals surface area contributed by atoms with Gasteiger partial charge in [-0.3, -0.25) is 4.79 Å². The summed E-state index contributed by atoms with van der Waals surface area (Å²) >= 11 is 0. The second-order valence-corrected chi connectivity index (χ2v) is 5.26. The first-order valence-electron chi connectivity index (χ1n) is 6.67. The van der Waals surface area contributed by atoms with Gasteiger partial charge >= 0.3 is 0 Å². The first-order valence-corrected chi connectivity index (χ1v) is 6.67. The average Bonchev–Trinajstić information content (AvgIpc) is 2.62. The first-order chi connectivity index (χ1) is 8.28. The minimum Gasteiger partial charge on any atom is -0.365 e. The molecule has 0 amide bonds. The number of fused-ring (bicyclic) bond motifs is 2. The number of piperidine rings is 1. The highest BCUT2D eigenvalue weighted by atomic mass is 16.1. The zero-order chi connectivity index (χ0) is 11.8. The van der Waals surface area contributed by atoms with Crippen molar-refractivity contribution in [3.8, 4) is 0 Å². The van der Waals surface area contributed by atoms with Crippen molar-refractivity contribution in [2.45, 2.75) is 51.1 Å². The zero-order valence-corrected chi connectivity index (χ0v) is 10.4. The smallest absolute Gasteiger partial charge is 0.137 e. The predicted octanol–water partition coefficient (Wildman–Crippen LogP) is 2.95. The summed E-state index contributed by atoms with van der Waals surface area (Å²) in [5.41, 5.74) is 2.69. The molecule has 0 saturated carbocycles. The molecule has 2 heterocycles. The van der Waals surface area contributed by atoms with Gasteiger partial charge in [-0.05, 0) is 37.0 Å². The summed E-state index contributed by atoms with van der Waals surface area (Å²) in [4.78, 5) is 14.1. The monoisotopic (exact) mass is 229 g/mol. The lowest BCUT2D eigenvalue weighted by atomic mass is 10.00. The van der Waals surface area contributed by atoms with Gasteiger partial charge in [0, 0.05) is 30.6 Å². The van der Waals surface area contributed by atoms with Crippen LogP contribution in [0.25, 0.3) is 0 Å². The number of hydrogen-bond donors (Lipinski definition) is 0. The van der Waals surface area contributed by atoms with Gasteiger partial charge in [0.1, 0.15) is 5.78 Å². The highest BCUT2D eigenvalue weighted by molar-refractivity contribution is 5.83. The summed E-state index contributed by atoms with van der Waals surface area (Å²) < 4.78 is 0. The second-order valence-electron chi connectivity index (χ2n) is 5.26. The van der Waals surface area contributed by atoms with E-state index in [0.717, 1.165) is 19.3 Å². The van der Waals surface area contributed by atoms with Crippen LogP contribution in [0.4, 0.5) is 5.69 Å². The molecule has 2 unspecified atom stereocenters. The highest BCUT2D eigenvalue weighted by Gasteiger charge is 2.39. The van der Waals surface area contributed by atoms with Gasteiger partial charge < -0.3 is 4.90 Å². The number of aryl methyl sites for hydroxylation is 1. The van der Waals surface area contributed by atoms with E-state index in [1.54, 1.807) is 0 Å². The lowest BCUT2D eigenvalue weighted by Gasteiger charge is -2.36. The van der Waals surface area contributed by atoms with E-state index in [2.05, 4.69) is 36.1 Å². The molecule has 2 saturated heterocycles. The maximum atomic E-state index is 11.6. The van der Waals surface area contributed by atoms with Crippen LogP contribution in [0, 0.1) is 0 Å². The van der Waals surface area contributed by atoms with Gasteiger partial charge in [-0.15, -0.1) is 0 Å². The van der Waals surface area contributed by atoms with E-state index in [1.165, 1.54) is 24.1 Å². The van der Waals surface area contributed by atoms with Crippen molar-refractivity contribution < 1.29 is 4.79 Å². The molecule has 2 fully saturated rings. The molecule has 0 radical (unpaired) electrons. The number of carbonyl (C=O) groups is 1. The molecule has 1 aromatic carbocycles. The summed E-state index contributed by atoms with van der Waals surface area (Å²) in [6.45, 7) is 2.18. The van der Waals surface area contributed by atoms with E-state index in [1.807, 2.05) is 0 Å². The Labute approximate surface area is 103 Å². The quantitative estimate of drug-likeness (QED) is 0.777. The molecule has 2 atom stereocenters. The molecule has 90 valence electrons. The Hall–Kier alpha value is -1.31. The van der Waals surface area contributed by atoms with Crippen molar-refractivity contribution in [2.75, 3.05) is 4.90 Å². The largest absolute Gasteiger partial charge is 0.365 e. The highest BCUT2D eigenvalue weighted by Crippen LogP contribution is 2.37. The van der Waals surface area contributed by atoms with Crippen LogP contribution in [0.5, 0.6) is 0 Å². The molecule has 2 nitrogen and oxygen atoms in total. The fourth-order valence-electron chi connectivity index (χ4n) is 3.30. The molecular weight excluding hydrogens is 210 g/mol. The molecule has 0 N–H and O–H groups in total. The number of carbonyl (C=O) groups excluding carboxylic acids is 1. The molecular formula is C15H19NO. The Bertz CT molecular complexity index is 407. The standard InChI is InChI=1S/C15H19NO/c1-2-11-3-5-12(6-4-11)16-13-7-8-14(16)10-15(17)9-13/h3-6,13-14H,2,7-10H2,1H3. The van der Waals surface area contributed by atoms with Crippen molar-refractivity contribution in [2.24, 2.45) is 0 Å².